The molecule has 114 valence electrons. The maximum Gasteiger partial charge on any atom is 0.334 e. The van der Waals surface area contributed by atoms with Crippen molar-refractivity contribution < 1.29 is 19.0 Å². The fourth-order valence-electron chi connectivity index (χ4n) is 2.67. The van der Waals surface area contributed by atoms with Gasteiger partial charge in [-0.05, 0) is 19.1 Å². The second-order valence-corrected chi connectivity index (χ2v) is 5.15. The van der Waals surface area contributed by atoms with Gasteiger partial charge in [-0.25, -0.2) is 13.7 Å². The van der Waals surface area contributed by atoms with E-state index in [0.717, 1.165) is 6.20 Å². The van der Waals surface area contributed by atoms with E-state index in [1.54, 1.807) is 17.9 Å². The zero-order chi connectivity index (χ0) is 15.9. The minimum absolute atomic E-state index is 0.103. The topological polar surface area (TPSA) is 90.9 Å². The number of rotatable bonds is 2. The monoisotopic (exact) mass is 304 g/mol. The fourth-order valence-corrected chi connectivity index (χ4v) is 2.67. The maximum absolute atomic E-state index is 14.1. The molecule has 7 nitrogen and oxygen atoms in total. The Morgan fingerprint density at radius 3 is 3.00 bits per heavy atom. The highest BCUT2D eigenvalue weighted by Gasteiger charge is 2.31. The van der Waals surface area contributed by atoms with Crippen LogP contribution in [0, 0.1) is 17.1 Å². The number of carboxylic acids is 1. The summed E-state index contributed by atoms with van der Waals surface area (Å²) < 4.78 is 20.6. The minimum atomic E-state index is -1.06. The fraction of sp³-hybridized carbons (Fsp3) is 0.357. The average molecular weight is 304 g/mol. The van der Waals surface area contributed by atoms with Crippen molar-refractivity contribution in [1.82, 2.24) is 9.61 Å². The highest BCUT2D eigenvalue weighted by atomic mass is 19.1. The van der Waals surface area contributed by atoms with Crippen LogP contribution in [0.2, 0.25) is 0 Å². The van der Waals surface area contributed by atoms with E-state index in [-0.39, 0.29) is 23.9 Å². The Bertz CT molecular complexity index is 782. The molecule has 2 unspecified atom stereocenters. The van der Waals surface area contributed by atoms with Crippen molar-refractivity contribution in [1.29, 1.82) is 5.26 Å². The summed E-state index contributed by atoms with van der Waals surface area (Å²) in [5, 5.41) is 22.1. The number of ether oxygens (including phenoxy) is 1. The number of halogens is 1. The van der Waals surface area contributed by atoms with E-state index in [2.05, 4.69) is 5.10 Å². The normalized spacial score (nSPS) is 21.8. The van der Waals surface area contributed by atoms with E-state index in [4.69, 9.17) is 15.1 Å². The standard InChI is InChI=1S/C14H13FN4O3/c1-8-6-18(7-12(22-8)14(20)21)11-3-2-9(4-16)19-13(11)10(15)5-17-19/h2-3,5,8,12H,6-7H2,1H3,(H,20,21). The first-order valence-electron chi connectivity index (χ1n) is 6.71. The van der Waals surface area contributed by atoms with Gasteiger partial charge >= 0.3 is 5.97 Å². The molecule has 1 saturated heterocycles. The molecule has 0 bridgehead atoms. The molecule has 8 heteroatoms. The number of morpholine rings is 1. The van der Waals surface area contributed by atoms with Gasteiger partial charge in [-0.1, -0.05) is 0 Å². The lowest BCUT2D eigenvalue weighted by Crippen LogP contribution is -2.50. The smallest absolute Gasteiger partial charge is 0.334 e. The molecule has 0 saturated carbocycles. The Morgan fingerprint density at radius 1 is 1.55 bits per heavy atom. The van der Waals surface area contributed by atoms with Crippen molar-refractivity contribution in [2.45, 2.75) is 19.1 Å². The first kappa shape index (κ1) is 14.3. The Hall–Kier alpha value is -2.66. The van der Waals surface area contributed by atoms with Crippen LogP contribution in [-0.4, -0.2) is 46.0 Å². The number of aromatic nitrogens is 2. The molecule has 1 N–H and O–H groups in total. The molecule has 2 aromatic heterocycles. The first-order valence-corrected chi connectivity index (χ1v) is 6.71. The largest absolute Gasteiger partial charge is 0.479 e. The number of aliphatic carboxylic acids is 1. The molecule has 0 aromatic carbocycles. The zero-order valence-corrected chi connectivity index (χ0v) is 11.7. The number of nitrogens with zero attached hydrogens (tertiary/aromatic N) is 4. The highest BCUT2D eigenvalue weighted by Crippen LogP contribution is 2.28. The summed E-state index contributed by atoms with van der Waals surface area (Å²) in [5.74, 6) is -1.62. The van der Waals surface area contributed by atoms with E-state index in [1.165, 1.54) is 10.6 Å². The quantitative estimate of drug-likeness (QED) is 0.891. The van der Waals surface area contributed by atoms with Gasteiger partial charge in [0.25, 0.3) is 0 Å². The molecule has 2 aromatic rings. The Kier molecular flexibility index (Phi) is 3.42. The third-order valence-corrected chi connectivity index (χ3v) is 3.59. The summed E-state index contributed by atoms with van der Waals surface area (Å²) in [7, 11) is 0. The van der Waals surface area contributed by atoms with E-state index in [1.807, 2.05) is 6.07 Å². The number of pyridine rings is 1. The summed E-state index contributed by atoms with van der Waals surface area (Å²) >= 11 is 0. The van der Waals surface area contributed by atoms with Crippen LogP contribution >= 0.6 is 0 Å². The predicted octanol–water partition coefficient (Wildman–Crippen LogP) is 1.02. The lowest BCUT2D eigenvalue weighted by Gasteiger charge is -2.36. The Balaban J connectivity index is 2.08. The van der Waals surface area contributed by atoms with Gasteiger partial charge in [-0.3, -0.25) is 0 Å². The molecule has 0 aliphatic carbocycles. The van der Waals surface area contributed by atoms with E-state index >= 15 is 0 Å². The lowest BCUT2D eigenvalue weighted by molar-refractivity contribution is -0.154. The molecule has 0 spiro atoms. The predicted molar refractivity (Wildman–Crippen MR) is 74.0 cm³/mol. The molecular weight excluding hydrogens is 291 g/mol. The lowest BCUT2D eigenvalue weighted by atomic mass is 10.1. The van der Waals surface area contributed by atoms with Crippen LogP contribution in [0.3, 0.4) is 0 Å². The van der Waals surface area contributed by atoms with Gasteiger partial charge in [-0.2, -0.15) is 10.4 Å². The molecule has 3 heterocycles. The summed E-state index contributed by atoms with van der Waals surface area (Å²) in [5.41, 5.74) is 0.867. The summed E-state index contributed by atoms with van der Waals surface area (Å²) in [4.78, 5) is 12.9. The van der Waals surface area contributed by atoms with Crippen LogP contribution in [0.25, 0.3) is 5.52 Å². The van der Waals surface area contributed by atoms with Crippen molar-refractivity contribution in [3.8, 4) is 6.07 Å². The van der Waals surface area contributed by atoms with Gasteiger partial charge in [0.2, 0.25) is 0 Å². The van der Waals surface area contributed by atoms with Gasteiger partial charge in [0.05, 0.1) is 24.5 Å². The summed E-state index contributed by atoms with van der Waals surface area (Å²) in [6.45, 7) is 2.29. The van der Waals surface area contributed by atoms with Crippen LogP contribution in [0.15, 0.2) is 18.3 Å². The molecule has 22 heavy (non-hydrogen) atoms. The number of anilines is 1. The van der Waals surface area contributed by atoms with Crippen LogP contribution in [0.5, 0.6) is 0 Å². The number of fused-ring (bicyclic) bond motifs is 1. The number of nitriles is 1. The second-order valence-electron chi connectivity index (χ2n) is 5.15. The molecular formula is C14H13FN4O3. The highest BCUT2D eigenvalue weighted by molar-refractivity contribution is 5.77. The number of carboxylic acid groups (broad SMARTS) is 1. The minimum Gasteiger partial charge on any atom is -0.479 e. The first-order chi connectivity index (χ1) is 10.5. The van der Waals surface area contributed by atoms with E-state index < -0.39 is 17.9 Å². The van der Waals surface area contributed by atoms with Crippen LogP contribution in [0.4, 0.5) is 10.1 Å². The number of carbonyl (C=O) groups is 1. The average Bonchev–Trinajstić information content (AvgIpc) is 2.88. The Labute approximate surface area is 125 Å². The molecule has 0 radical (unpaired) electrons. The third-order valence-electron chi connectivity index (χ3n) is 3.59. The SMILES string of the molecule is CC1CN(c2ccc(C#N)n3ncc(F)c23)CC(C(=O)O)O1. The van der Waals surface area contributed by atoms with Crippen molar-refractivity contribution >= 4 is 17.2 Å². The molecule has 1 fully saturated rings. The molecule has 1 aliphatic heterocycles. The van der Waals surface area contributed by atoms with Crippen molar-refractivity contribution in [3.05, 3.63) is 29.8 Å². The van der Waals surface area contributed by atoms with Crippen LogP contribution in [-0.2, 0) is 9.53 Å². The van der Waals surface area contributed by atoms with Gasteiger partial charge in [-0.15, -0.1) is 0 Å². The van der Waals surface area contributed by atoms with Gasteiger partial charge in [0.1, 0.15) is 17.3 Å². The molecule has 3 rings (SSSR count). The van der Waals surface area contributed by atoms with Gasteiger partial charge in [0.15, 0.2) is 11.9 Å². The summed E-state index contributed by atoms with van der Waals surface area (Å²) in [6, 6.07) is 5.08. The van der Waals surface area contributed by atoms with Gasteiger partial charge in [0, 0.05) is 6.54 Å². The molecule has 1 aliphatic rings. The number of hydrogen-bond acceptors (Lipinski definition) is 5. The maximum atomic E-state index is 14.1. The zero-order valence-electron chi connectivity index (χ0n) is 11.7. The molecule has 2 atom stereocenters. The van der Waals surface area contributed by atoms with E-state index in [9.17, 15) is 9.18 Å². The van der Waals surface area contributed by atoms with Crippen LogP contribution in [0.1, 0.15) is 12.6 Å². The van der Waals surface area contributed by atoms with E-state index in [0.29, 0.717) is 12.2 Å². The van der Waals surface area contributed by atoms with Crippen molar-refractivity contribution in [2.75, 3.05) is 18.0 Å². The number of hydrogen-bond donors (Lipinski definition) is 1. The van der Waals surface area contributed by atoms with Gasteiger partial charge < -0.3 is 14.7 Å². The van der Waals surface area contributed by atoms with Crippen molar-refractivity contribution in [2.24, 2.45) is 0 Å². The Morgan fingerprint density at radius 2 is 2.32 bits per heavy atom. The van der Waals surface area contributed by atoms with Crippen molar-refractivity contribution in [3.63, 3.8) is 0 Å². The van der Waals surface area contributed by atoms with Crippen LogP contribution < -0.4 is 4.90 Å². The molecule has 0 amide bonds. The summed E-state index contributed by atoms with van der Waals surface area (Å²) in [6.07, 6.45) is -0.250. The second kappa shape index (κ2) is 5.27. The third kappa shape index (κ3) is 2.25.